The van der Waals surface area contributed by atoms with E-state index >= 15 is 0 Å². The second kappa shape index (κ2) is 4.21. The van der Waals surface area contributed by atoms with Gasteiger partial charge in [-0.1, -0.05) is 23.7 Å². The van der Waals surface area contributed by atoms with Crippen LogP contribution in [0, 0.1) is 5.82 Å². The number of oxazole rings is 1. The number of rotatable bonds is 2. The van der Waals surface area contributed by atoms with Gasteiger partial charge in [0.1, 0.15) is 11.3 Å². The Hall–Kier alpha value is -2.07. The first-order chi connectivity index (χ1) is 10.1. The van der Waals surface area contributed by atoms with Gasteiger partial charge in [-0.25, -0.2) is 9.37 Å². The maximum absolute atomic E-state index is 13.4. The van der Waals surface area contributed by atoms with Crippen molar-refractivity contribution in [1.29, 1.82) is 0 Å². The predicted molar refractivity (Wildman–Crippen MR) is 79.8 cm³/mol. The van der Waals surface area contributed by atoms with E-state index in [0.29, 0.717) is 17.0 Å². The zero-order valence-corrected chi connectivity index (χ0v) is 11.8. The van der Waals surface area contributed by atoms with Crippen molar-refractivity contribution in [2.45, 2.75) is 18.3 Å². The molecule has 1 aromatic heterocycles. The zero-order chi connectivity index (χ0) is 14.6. The van der Waals surface area contributed by atoms with Gasteiger partial charge in [0.25, 0.3) is 0 Å². The number of hydrogen-bond acceptors (Lipinski definition) is 3. The van der Waals surface area contributed by atoms with Gasteiger partial charge in [-0.3, -0.25) is 0 Å². The van der Waals surface area contributed by atoms with Gasteiger partial charge in [0.05, 0.1) is 10.4 Å². The molecule has 1 aliphatic carbocycles. The van der Waals surface area contributed by atoms with Crippen LogP contribution in [0.15, 0.2) is 40.8 Å². The highest BCUT2D eigenvalue weighted by Gasteiger charge is 2.50. The van der Waals surface area contributed by atoms with Crippen molar-refractivity contribution in [1.82, 2.24) is 4.98 Å². The van der Waals surface area contributed by atoms with Crippen molar-refractivity contribution in [3.05, 3.63) is 58.7 Å². The third-order valence-corrected chi connectivity index (χ3v) is 4.31. The minimum atomic E-state index is -0.412. The number of halogens is 2. The van der Waals surface area contributed by atoms with Crippen LogP contribution in [0.4, 0.5) is 10.1 Å². The second-order valence-electron chi connectivity index (χ2n) is 5.46. The summed E-state index contributed by atoms with van der Waals surface area (Å²) in [5.41, 5.74) is 8.22. The SMILES string of the molecule is Nc1ccc(C2(c3nc4cc(F)cc(Cl)c4o3)CC2)cc1. The van der Waals surface area contributed by atoms with E-state index in [1.807, 2.05) is 24.3 Å². The number of benzene rings is 2. The number of nitrogens with two attached hydrogens (primary N) is 1. The van der Waals surface area contributed by atoms with Gasteiger partial charge in [0, 0.05) is 11.8 Å². The molecule has 0 saturated heterocycles. The highest BCUT2D eigenvalue weighted by Crippen LogP contribution is 2.53. The maximum atomic E-state index is 13.4. The van der Waals surface area contributed by atoms with Crippen molar-refractivity contribution in [3.63, 3.8) is 0 Å². The molecule has 106 valence electrons. The van der Waals surface area contributed by atoms with Crippen LogP contribution in [0.2, 0.25) is 5.02 Å². The average Bonchev–Trinajstić information content (AvgIpc) is 3.13. The van der Waals surface area contributed by atoms with Crippen LogP contribution in [-0.4, -0.2) is 4.98 Å². The largest absolute Gasteiger partial charge is 0.438 e. The Kier molecular flexibility index (Phi) is 2.54. The molecule has 2 N–H and O–H groups in total. The standard InChI is InChI=1S/C16H12ClFN2O/c17-12-7-10(18)8-13-14(12)21-15(20-13)16(5-6-16)9-1-3-11(19)4-2-9/h1-4,7-8H,5-6,19H2. The van der Waals surface area contributed by atoms with Crippen LogP contribution < -0.4 is 5.73 Å². The lowest BCUT2D eigenvalue weighted by atomic mass is 9.96. The molecule has 0 radical (unpaired) electrons. The van der Waals surface area contributed by atoms with Gasteiger partial charge in [-0.05, 0) is 36.6 Å². The van der Waals surface area contributed by atoms with E-state index in [9.17, 15) is 4.39 Å². The molecule has 0 amide bonds. The van der Waals surface area contributed by atoms with Crippen LogP contribution in [-0.2, 0) is 5.41 Å². The molecule has 4 rings (SSSR count). The quantitative estimate of drug-likeness (QED) is 0.719. The van der Waals surface area contributed by atoms with Crippen LogP contribution in [0.1, 0.15) is 24.3 Å². The third kappa shape index (κ3) is 1.90. The van der Waals surface area contributed by atoms with Crippen molar-refractivity contribution in [2.75, 3.05) is 5.73 Å². The van der Waals surface area contributed by atoms with Crippen LogP contribution >= 0.6 is 11.6 Å². The van der Waals surface area contributed by atoms with Gasteiger partial charge < -0.3 is 10.2 Å². The number of nitrogen functional groups attached to an aromatic ring is 1. The molecule has 0 unspecified atom stereocenters. The minimum Gasteiger partial charge on any atom is -0.438 e. The van der Waals surface area contributed by atoms with Crippen molar-refractivity contribution in [3.8, 4) is 0 Å². The summed E-state index contributed by atoms with van der Waals surface area (Å²) in [4.78, 5) is 4.45. The van der Waals surface area contributed by atoms with Crippen molar-refractivity contribution in [2.24, 2.45) is 0 Å². The number of anilines is 1. The third-order valence-electron chi connectivity index (χ3n) is 4.03. The van der Waals surface area contributed by atoms with E-state index in [0.717, 1.165) is 24.1 Å². The molecule has 1 fully saturated rings. The molecular weight excluding hydrogens is 291 g/mol. The van der Waals surface area contributed by atoms with Gasteiger partial charge in [0.15, 0.2) is 5.58 Å². The molecular formula is C16H12ClFN2O. The summed E-state index contributed by atoms with van der Waals surface area (Å²) in [6.45, 7) is 0. The smallest absolute Gasteiger partial charge is 0.206 e. The molecule has 5 heteroatoms. The molecule has 3 nitrogen and oxygen atoms in total. The minimum absolute atomic E-state index is 0.230. The van der Waals surface area contributed by atoms with Crippen LogP contribution in [0.25, 0.3) is 11.1 Å². The van der Waals surface area contributed by atoms with Crippen LogP contribution in [0.3, 0.4) is 0 Å². The van der Waals surface area contributed by atoms with Crippen LogP contribution in [0.5, 0.6) is 0 Å². The van der Waals surface area contributed by atoms with Crippen molar-refractivity contribution >= 4 is 28.4 Å². The van der Waals surface area contributed by atoms with E-state index < -0.39 is 5.82 Å². The maximum Gasteiger partial charge on any atom is 0.206 e. The first kappa shape index (κ1) is 12.7. The highest BCUT2D eigenvalue weighted by atomic mass is 35.5. The fraction of sp³-hybridized carbons (Fsp3) is 0.188. The molecule has 0 spiro atoms. The highest BCUT2D eigenvalue weighted by molar-refractivity contribution is 6.34. The summed E-state index contributed by atoms with van der Waals surface area (Å²) in [5, 5.41) is 0.247. The predicted octanol–water partition coefficient (Wildman–Crippen LogP) is 4.28. The topological polar surface area (TPSA) is 52.0 Å². The molecule has 1 heterocycles. The zero-order valence-electron chi connectivity index (χ0n) is 11.1. The molecule has 2 aromatic carbocycles. The molecule has 0 aliphatic heterocycles. The Labute approximate surface area is 125 Å². The Morgan fingerprint density at radius 3 is 2.57 bits per heavy atom. The van der Waals surface area contributed by atoms with E-state index in [4.69, 9.17) is 21.8 Å². The first-order valence-electron chi connectivity index (χ1n) is 6.71. The molecule has 0 atom stereocenters. The van der Waals surface area contributed by atoms with E-state index in [-0.39, 0.29) is 10.4 Å². The molecule has 1 saturated carbocycles. The molecule has 3 aromatic rings. The van der Waals surface area contributed by atoms with E-state index in [1.54, 1.807) is 0 Å². The molecule has 1 aliphatic rings. The van der Waals surface area contributed by atoms with E-state index in [1.165, 1.54) is 12.1 Å². The summed E-state index contributed by atoms with van der Waals surface area (Å²) in [6.07, 6.45) is 1.90. The number of fused-ring (bicyclic) bond motifs is 1. The van der Waals surface area contributed by atoms with E-state index in [2.05, 4.69) is 4.98 Å². The Bertz CT molecular complexity index is 837. The summed E-state index contributed by atoms with van der Waals surface area (Å²) >= 11 is 6.02. The summed E-state index contributed by atoms with van der Waals surface area (Å²) < 4.78 is 19.2. The van der Waals surface area contributed by atoms with Gasteiger partial charge >= 0.3 is 0 Å². The van der Waals surface area contributed by atoms with Gasteiger partial charge in [-0.15, -0.1) is 0 Å². The van der Waals surface area contributed by atoms with Gasteiger partial charge in [0.2, 0.25) is 5.89 Å². The van der Waals surface area contributed by atoms with Crippen molar-refractivity contribution < 1.29 is 8.81 Å². The summed E-state index contributed by atoms with van der Waals surface area (Å²) in [7, 11) is 0. The second-order valence-corrected chi connectivity index (χ2v) is 5.87. The number of hydrogen-bond donors (Lipinski definition) is 1. The number of aromatic nitrogens is 1. The Balaban J connectivity index is 1.86. The lowest BCUT2D eigenvalue weighted by Crippen LogP contribution is -2.08. The fourth-order valence-corrected chi connectivity index (χ4v) is 2.96. The Morgan fingerprint density at radius 2 is 1.90 bits per heavy atom. The Morgan fingerprint density at radius 1 is 1.19 bits per heavy atom. The lowest BCUT2D eigenvalue weighted by molar-refractivity contribution is 0.491. The van der Waals surface area contributed by atoms with Gasteiger partial charge in [-0.2, -0.15) is 0 Å². The average molecular weight is 303 g/mol. The lowest BCUT2D eigenvalue weighted by Gasteiger charge is -2.11. The summed E-state index contributed by atoms with van der Waals surface area (Å²) in [5.74, 6) is 0.180. The summed E-state index contributed by atoms with van der Waals surface area (Å²) in [6, 6.07) is 10.3. The molecule has 0 bridgehead atoms. The first-order valence-corrected chi connectivity index (χ1v) is 7.08. The number of nitrogens with zero attached hydrogens (tertiary/aromatic N) is 1. The fourth-order valence-electron chi connectivity index (χ4n) is 2.72. The molecule has 21 heavy (non-hydrogen) atoms. The normalized spacial score (nSPS) is 16.3. The monoisotopic (exact) mass is 302 g/mol.